The van der Waals surface area contributed by atoms with Gasteiger partial charge in [0.05, 0.1) is 17.2 Å². The average Bonchev–Trinajstić information content (AvgIpc) is 2.85. The summed E-state index contributed by atoms with van der Waals surface area (Å²) >= 11 is 0. The number of hydrogen-bond acceptors (Lipinski definition) is 4. The van der Waals surface area contributed by atoms with Crippen LogP contribution in [0.5, 0.6) is 0 Å². The zero-order chi connectivity index (χ0) is 12.7. The normalized spacial score (nSPS) is 11.2. The minimum absolute atomic E-state index is 0.482. The molecule has 0 atom stereocenters. The van der Waals surface area contributed by atoms with Gasteiger partial charge in [-0.15, -0.1) is 0 Å². The number of benzene rings is 1. The Bertz CT molecular complexity index is 711. The lowest BCUT2D eigenvalue weighted by molar-refractivity contribution is 0.461. The second-order valence-corrected chi connectivity index (χ2v) is 4.36. The predicted octanol–water partition coefficient (Wildman–Crippen LogP) is 2.27. The topological polar surface area (TPSA) is 69.9 Å². The van der Waals surface area contributed by atoms with Crippen molar-refractivity contribution in [2.45, 2.75) is 20.4 Å². The van der Waals surface area contributed by atoms with Crippen LogP contribution in [-0.4, -0.2) is 14.5 Å². The molecule has 0 aliphatic carbocycles. The highest BCUT2D eigenvalue weighted by Gasteiger charge is 2.12. The summed E-state index contributed by atoms with van der Waals surface area (Å²) in [5.41, 5.74) is 9.03. The summed E-state index contributed by atoms with van der Waals surface area (Å²) in [5.74, 6) is 1.92. The molecule has 0 saturated carbocycles. The molecule has 5 nitrogen and oxygen atoms in total. The maximum atomic E-state index is 5.96. The Morgan fingerprint density at radius 3 is 2.89 bits per heavy atom. The lowest BCUT2D eigenvalue weighted by Crippen LogP contribution is -2.05. The molecule has 0 saturated heterocycles. The predicted molar refractivity (Wildman–Crippen MR) is 69.2 cm³/mol. The van der Waals surface area contributed by atoms with Gasteiger partial charge in [0.1, 0.15) is 12.3 Å². The Kier molecular flexibility index (Phi) is 2.33. The van der Waals surface area contributed by atoms with Crippen LogP contribution in [0.2, 0.25) is 0 Å². The first-order chi connectivity index (χ1) is 8.65. The third kappa shape index (κ3) is 1.64. The van der Waals surface area contributed by atoms with Gasteiger partial charge in [0.25, 0.3) is 0 Å². The van der Waals surface area contributed by atoms with Crippen LogP contribution in [0.1, 0.15) is 17.2 Å². The molecule has 2 N–H and O–H groups in total. The molecule has 0 amide bonds. The van der Waals surface area contributed by atoms with E-state index >= 15 is 0 Å². The molecule has 0 radical (unpaired) electrons. The lowest BCUT2D eigenvalue weighted by atomic mass is 10.2. The van der Waals surface area contributed by atoms with Crippen LogP contribution in [0.4, 0.5) is 5.95 Å². The monoisotopic (exact) mass is 242 g/mol. The van der Waals surface area contributed by atoms with Gasteiger partial charge in [-0.3, -0.25) is 0 Å². The van der Waals surface area contributed by atoms with Crippen molar-refractivity contribution >= 4 is 17.0 Å². The molecule has 0 bridgehead atoms. The van der Waals surface area contributed by atoms with Crippen LogP contribution < -0.4 is 5.73 Å². The first-order valence-electron chi connectivity index (χ1n) is 5.78. The van der Waals surface area contributed by atoms with Gasteiger partial charge in [-0.1, -0.05) is 12.1 Å². The van der Waals surface area contributed by atoms with E-state index in [1.54, 1.807) is 6.20 Å². The standard InChI is InChI=1S/C13H14N4O/c1-8-4-3-5-10-12(8)17(13(14)16-10)7-11-15-6-9(2)18-11/h3-6H,7H2,1-2H3,(H2,14,16). The zero-order valence-corrected chi connectivity index (χ0v) is 10.3. The van der Waals surface area contributed by atoms with Crippen LogP contribution in [0.25, 0.3) is 11.0 Å². The van der Waals surface area contributed by atoms with Gasteiger partial charge in [-0.05, 0) is 25.5 Å². The second kappa shape index (κ2) is 3.87. The number of fused-ring (bicyclic) bond motifs is 1. The maximum Gasteiger partial charge on any atom is 0.214 e. The quantitative estimate of drug-likeness (QED) is 0.748. The molecule has 3 rings (SSSR count). The van der Waals surface area contributed by atoms with Crippen LogP contribution in [-0.2, 0) is 6.54 Å². The Hall–Kier alpha value is -2.30. The van der Waals surface area contributed by atoms with Crippen LogP contribution in [0, 0.1) is 13.8 Å². The van der Waals surface area contributed by atoms with Gasteiger partial charge in [0.2, 0.25) is 11.8 Å². The molecule has 0 aliphatic heterocycles. The maximum absolute atomic E-state index is 5.96. The van der Waals surface area contributed by atoms with Gasteiger partial charge in [-0.2, -0.15) is 0 Å². The number of nitrogen functional groups attached to an aromatic ring is 1. The molecule has 92 valence electrons. The van der Waals surface area contributed by atoms with Gasteiger partial charge in [0, 0.05) is 0 Å². The molecular weight excluding hydrogens is 228 g/mol. The minimum Gasteiger partial charge on any atom is -0.444 e. The molecule has 0 aliphatic rings. The molecule has 0 unspecified atom stereocenters. The van der Waals surface area contributed by atoms with E-state index in [2.05, 4.69) is 9.97 Å². The fourth-order valence-corrected chi connectivity index (χ4v) is 2.15. The number of aromatic nitrogens is 3. The first-order valence-corrected chi connectivity index (χ1v) is 5.78. The molecule has 1 aromatic carbocycles. The SMILES string of the molecule is Cc1cnc(Cn2c(N)nc3cccc(C)c32)o1. The van der Waals surface area contributed by atoms with E-state index in [0.29, 0.717) is 18.4 Å². The highest BCUT2D eigenvalue weighted by Crippen LogP contribution is 2.22. The molecule has 0 spiro atoms. The fraction of sp³-hybridized carbons (Fsp3) is 0.231. The lowest BCUT2D eigenvalue weighted by Gasteiger charge is -2.05. The minimum atomic E-state index is 0.482. The highest BCUT2D eigenvalue weighted by atomic mass is 16.4. The number of rotatable bonds is 2. The number of aryl methyl sites for hydroxylation is 2. The summed E-state index contributed by atoms with van der Waals surface area (Å²) in [6.45, 7) is 4.42. The Balaban J connectivity index is 2.13. The Morgan fingerprint density at radius 1 is 1.33 bits per heavy atom. The van der Waals surface area contributed by atoms with E-state index in [9.17, 15) is 0 Å². The van der Waals surface area contributed by atoms with E-state index in [0.717, 1.165) is 22.4 Å². The van der Waals surface area contributed by atoms with Crippen molar-refractivity contribution in [1.82, 2.24) is 14.5 Å². The van der Waals surface area contributed by atoms with Crippen molar-refractivity contribution in [3.63, 3.8) is 0 Å². The van der Waals surface area contributed by atoms with E-state index in [-0.39, 0.29) is 0 Å². The Morgan fingerprint density at radius 2 is 2.17 bits per heavy atom. The van der Waals surface area contributed by atoms with Gasteiger partial charge < -0.3 is 14.7 Å². The van der Waals surface area contributed by atoms with Crippen LogP contribution >= 0.6 is 0 Å². The number of nitrogens with two attached hydrogens (primary N) is 1. The van der Waals surface area contributed by atoms with E-state index in [4.69, 9.17) is 10.2 Å². The Labute approximate surface area is 104 Å². The fourth-order valence-electron chi connectivity index (χ4n) is 2.15. The van der Waals surface area contributed by atoms with Gasteiger partial charge >= 0.3 is 0 Å². The first kappa shape index (κ1) is 10.8. The molecule has 3 aromatic rings. The van der Waals surface area contributed by atoms with Crippen LogP contribution in [0.3, 0.4) is 0 Å². The highest BCUT2D eigenvalue weighted by molar-refractivity contribution is 5.81. The number of hydrogen-bond donors (Lipinski definition) is 1. The van der Waals surface area contributed by atoms with Gasteiger partial charge in [-0.25, -0.2) is 9.97 Å². The van der Waals surface area contributed by atoms with Gasteiger partial charge in [0.15, 0.2) is 0 Å². The molecular formula is C13H14N4O. The summed E-state index contributed by atoms with van der Waals surface area (Å²) in [5, 5.41) is 0. The number of anilines is 1. The van der Waals surface area contributed by atoms with E-state index in [1.165, 1.54) is 0 Å². The number of oxazole rings is 1. The number of nitrogens with zero attached hydrogens (tertiary/aromatic N) is 3. The molecule has 5 heteroatoms. The summed E-state index contributed by atoms with van der Waals surface area (Å²) in [4.78, 5) is 8.55. The summed E-state index contributed by atoms with van der Waals surface area (Å²) < 4.78 is 7.41. The van der Waals surface area contributed by atoms with Crippen molar-refractivity contribution in [2.75, 3.05) is 5.73 Å². The molecule has 0 fully saturated rings. The van der Waals surface area contributed by atoms with Crippen LogP contribution in [0.15, 0.2) is 28.8 Å². The summed E-state index contributed by atoms with van der Waals surface area (Å²) in [6, 6.07) is 5.97. The molecule has 2 aromatic heterocycles. The third-order valence-electron chi connectivity index (χ3n) is 2.96. The largest absolute Gasteiger partial charge is 0.444 e. The van der Waals surface area contributed by atoms with Crippen molar-refractivity contribution in [3.05, 3.63) is 41.6 Å². The molecule has 18 heavy (non-hydrogen) atoms. The molecule has 2 heterocycles. The number of para-hydroxylation sites is 1. The third-order valence-corrected chi connectivity index (χ3v) is 2.96. The summed E-state index contributed by atoms with van der Waals surface area (Å²) in [7, 11) is 0. The van der Waals surface area contributed by atoms with E-state index in [1.807, 2.05) is 36.6 Å². The van der Waals surface area contributed by atoms with E-state index < -0.39 is 0 Å². The second-order valence-electron chi connectivity index (χ2n) is 4.36. The van der Waals surface area contributed by atoms with Crippen molar-refractivity contribution in [3.8, 4) is 0 Å². The zero-order valence-electron chi connectivity index (χ0n) is 10.3. The van der Waals surface area contributed by atoms with Crippen molar-refractivity contribution in [2.24, 2.45) is 0 Å². The van der Waals surface area contributed by atoms with Crippen molar-refractivity contribution < 1.29 is 4.42 Å². The smallest absolute Gasteiger partial charge is 0.214 e. The average molecular weight is 242 g/mol. The number of imidazole rings is 1. The van der Waals surface area contributed by atoms with Crippen molar-refractivity contribution in [1.29, 1.82) is 0 Å². The summed E-state index contributed by atoms with van der Waals surface area (Å²) in [6.07, 6.45) is 1.71.